The molecule has 0 saturated carbocycles. The fraction of sp³-hybridized carbons (Fsp3) is 0.316. The summed E-state index contributed by atoms with van der Waals surface area (Å²) < 4.78 is 11.5. The Bertz CT molecular complexity index is 667. The van der Waals surface area contributed by atoms with Gasteiger partial charge in [0.15, 0.2) is 0 Å². The molecule has 2 aromatic rings. The molecule has 1 amide bonds. The summed E-state index contributed by atoms with van der Waals surface area (Å²) in [4.78, 5) is 10.7. The quantitative estimate of drug-likeness (QED) is 0.761. The van der Waals surface area contributed by atoms with Crippen LogP contribution >= 0.6 is 0 Å². The van der Waals surface area contributed by atoms with E-state index in [-0.39, 0.29) is 12.3 Å². The third-order valence-corrected chi connectivity index (χ3v) is 3.60. The molecule has 2 aromatic carbocycles. The average Bonchev–Trinajstić information content (AvgIpc) is 2.53. The number of amides is 1. The highest BCUT2D eigenvalue weighted by Crippen LogP contribution is 2.21. The molecule has 23 heavy (non-hydrogen) atoms. The van der Waals surface area contributed by atoms with E-state index in [0.717, 1.165) is 22.4 Å². The van der Waals surface area contributed by atoms with Crippen LogP contribution in [0.2, 0.25) is 0 Å². The summed E-state index contributed by atoms with van der Waals surface area (Å²) in [5.74, 6) is 0.547. The van der Waals surface area contributed by atoms with Crippen molar-refractivity contribution in [3.8, 4) is 5.75 Å². The number of benzene rings is 2. The Morgan fingerprint density at radius 1 is 1.04 bits per heavy atom. The summed E-state index contributed by atoms with van der Waals surface area (Å²) in [7, 11) is 0. The van der Waals surface area contributed by atoms with Crippen LogP contribution in [0.15, 0.2) is 42.5 Å². The Kier molecular flexibility index (Phi) is 6.18. The van der Waals surface area contributed by atoms with E-state index in [1.807, 2.05) is 44.2 Å². The van der Waals surface area contributed by atoms with Crippen LogP contribution in [0.25, 0.3) is 0 Å². The maximum Gasteiger partial charge on any atom is 0.219 e. The summed E-state index contributed by atoms with van der Waals surface area (Å²) in [6, 6.07) is 14.2. The monoisotopic (exact) mass is 313 g/mol. The summed E-state index contributed by atoms with van der Waals surface area (Å²) in [5, 5.41) is 0. The van der Waals surface area contributed by atoms with Crippen LogP contribution in [0.4, 0.5) is 0 Å². The Morgan fingerprint density at radius 3 is 2.43 bits per heavy atom. The highest BCUT2D eigenvalue weighted by molar-refractivity contribution is 5.73. The van der Waals surface area contributed by atoms with E-state index in [1.165, 1.54) is 5.56 Å². The largest absolute Gasteiger partial charge is 0.489 e. The smallest absolute Gasteiger partial charge is 0.219 e. The minimum atomic E-state index is -0.350. The van der Waals surface area contributed by atoms with Crippen LogP contribution in [-0.2, 0) is 22.7 Å². The van der Waals surface area contributed by atoms with Crippen molar-refractivity contribution in [2.45, 2.75) is 33.5 Å². The van der Waals surface area contributed by atoms with Crippen molar-refractivity contribution < 1.29 is 14.3 Å². The van der Waals surface area contributed by atoms with Crippen LogP contribution in [0.1, 0.15) is 28.7 Å². The van der Waals surface area contributed by atoms with Crippen LogP contribution in [0.5, 0.6) is 5.75 Å². The lowest BCUT2D eigenvalue weighted by atomic mass is 10.1. The van der Waals surface area contributed by atoms with E-state index in [2.05, 4.69) is 12.1 Å². The topological polar surface area (TPSA) is 61.6 Å². The Hall–Kier alpha value is -2.33. The first-order chi connectivity index (χ1) is 11.1. The van der Waals surface area contributed by atoms with E-state index in [1.54, 1.807) is 0 Å². The van der Waals surface area contributed by atoms with E-state index >= 15 is 0 Å². The van der Waals surface area contributed by atoms with Crippen LogP contribution < -0.4 is 10.5 Å². The van der Waals surface area contributed by atoms with Crippen molar-refractivity contribution in [3.63, 3.8) is 0 Å². The predicted molar refractivity (Wildman–Crippen MR) is 90.2 cm³/mol. The molecular formula is C19H23NO3. The first-order valence-electron chi connectivity index (χ1n) is 7.69. The van der Waals surface area contributed by atoms with Gasteiger partial charge < -0.3 is 15.2 Å². The fourth-order valence-corrected chi connectivity index (χ4v) is 2.21. The van der Waals surface area contributed by atoms with Gasteiger partial charge in [-0.3, -0.25) is 4.79 Å². The standard InChI is InChI=1S/C19H23NO3/c1-14-7-8-15(2)18(11-14)23-13-17-6-4-3-5-16(17)12-22-10-9-19(20)21/h3-8,11H,9-10,12-13H2,1-2H3,(H2,20,21). The van der Waals surface area contributed by atoms with Crippen LogP contribution in [0, 0.1) is 13.8 Å². The molecule has 0 heterocycles. The molecule has 0 unspecified atom stereocenters. The molecule has 0 aliphatic carbocycles. The van der Waals surface area contributed by atoms with Crippen LogP contribution in [0.3, 0.4) is 0 Å². The second-order valence-corrected chi connectivity index (χ2v) is 5.60. The molecule has 0 spiro atoms. The van der Waals surface area contributed by atoms with Gasteiger partial charge in [-0.15, -0.1) is 0 Å². The van der Waals surface area contributed by atoms with Crippen molar-refractivity contribution in [3.05, 3.63) is 64.7 Å². The zero-order valence-electron chi connectivity index (χ0n) is 13.7. The zero-order valence-corrected chi connectivity index (χ0v) is 13.7. The second-order valence-electron chi connectivity index (χ2n) is 5.60. The van der Waals surface area contributed by atoms with Gasteiger partial charge in [0.1, 0.15) is 12.4 Å². The van der Waals surface area contributed by atoms with Gasteiger partial charge in [0.05, 0.1) is 13.2 Å². The Labute approximate surface area is 137 Å². The summed E-state index contributed by atoms with van der Waals surface area (Å²) in [6.07, 6.45) is 0.237. The van der Waals surface area contributed by atoms with Gasteiger partial charge in [-0.1, -0.05) is 36.4 Å². The SMILES string of the molecule is Cc1ccc(C)c(OCc2ccccc2COCCC(N)=O)c1. The molecule has 4 nitrogen and oxygen atoms in total. The summed E-state index contributed by atoms with van der Waals surface area (Å²) in [5.41, 5.74) is 9.53. The highest BCUT2D eigenvalue weighted by Gasteiger charge is 2.05. The molecule has 0 aliphatic heterocycles. The average molecular weight is 313 g/mol. The number of aryl methyl sites for hydroxylation is 2. The van der Waals surface area contributed by atoms with Gasteiger partial charge in [-0.05, 0) is 42.2 Å². The highest BCUT2D eigenvalue weighted by atomic mass is 16.5. The molecular weight excluding hydrogens is 290 g/mol. The number of ether oxygens (including phenoxy) is 2. The molecule has 0 radical (unpaired) electrons. The van der Waals surface area contributed by atoms with E-state index in [4.69, 9.17) is 15.2 Å². The number of carbonyl (C=O) groups is 1. The van der Waals surface area contributed by atoms with Gasteiger partial charge in [-0.2, -0.15) is 0 Å². The molecule has 2 N–H and O–H groups in total. The van der Waals surface area contributed by atoms with Gasteiger partial charge in [0.2, 0.25) is 5.91 Å². The molecule has 0 aromatic heterocycles. The van der Waals surface area contributed by atoms with Gasteiger partial charge in [0.25, 0.3) is 0 Å². The van der Waals surface area contributed by atoms with Gasteiger partial charge in [-0.25, -0.2) is 0 Å². The van der Waals surface area contributed by atoms with Crippen molar-refractivity contribution in [2.75, 3.05) is 6.61 Å². The number of hydrogen-bond acceptors (Lipinski definition) is 3. The lowest BCUT2D eigenvalue weighted by Crippen LogP contribution is -2.13. The summed E-state index contributed by atoms with van der Waals surface area (Å²) in [6.45, 7) is 5.35. The molecule has 122 valence electrons. The molecule has 0 fully saturated rings. The number of nitrogens with two attached hydrogens (primary N) is 1. The van der Waals surface area contributed by atoms with Crippen molar-refractivity contribution in [2.24, 2.45) is 5.73 Å². The third-order valence-electron chi connectivity index (χ3n) is 3.60. The third kappa shape index (κ3) is 5.42. The number of hydrogen-bond donors (Lipinski definition) is 1. The zero-order chi connectivity index (χ0) is 16.7. The van der Waals surface area contributed by atoms with E-state index in [9.17, 15) is 4.79 Å². The normalized spacial score (nSPS) is 10.5. The second kappa shape index (κ2) is 8.34. The van der Waals surface area contributed by atoms with E-state index in [0.29, 0.717) is 19.8 Å². The van der Waals surface area contributed by atoms with Crippen molar-refractivity contribution in [1.29, 1.82) is 0 Å². The minimum absolute atomic E-state index is 0.237. The Morgan fingerprint density at radius 2 is 1.74 bits per heavy atom. The molecule has 0 atom stereocenters. The maximum absolute atomic E-state index is 10.7. The molecule has 0 saturated heterocycles. The minimum Gasteiger partial charge on any atom is -0.489 e. The van der Waals surface area contributed by atoms with Crippen molar-refractivity contribution >= 4 is 5.91 Å². The Balaban J connectivity index is 1.97. The maximum atomic E-state index is 10.7. The molecule has 0 bridgehead atoms. The summed E-state index contributed by atoms with van der Waals surface area (Å²) >= 11 is 0. The molecule has 4 heteroatoms. The number of rotatable bonds is 8. The lowest BCUT2D eigenvalue weighted by molar-refractivity contribution is -0.119. The molecule has 0 aliphatic rings. The van der Waals surface area contributed by atoms with Crippen LogP contribution in [-0.4, -0.2) is 12.5 Å². The van der Waals surface area contributed by atoms with Gasteiger partial charge in [0, 0.05) is 6.42 Å². The van der Waals surface area contributed by atoms with Gasteiger partial charge >= 0.3 is 0 Å². The predicted octanol–water partition coefficient (Wildman–Crippen LogP) is 3.27. The van der Waals surface area contributed by atoms with Crippen molar-refractivity contribution in [1.82, 2.24) is 0 Å². The number of primary amides is 1. The number of carbonyl (C=O) groups excluding carboxylic acids is 1. The first-order valence-corrected chi connectivity index (χ1v) is 7.69. The lowest BCUT2D eigenvalue weighted by Gasteiger charge is -2.13. The molecule has 2 rings (SSSR count). The first kappa shape index (κ1) is 17.0. The fourth-order valence-electron chi connectivity index (χ4n) is 2.21. The van der Waals surface area contributed by atoms with E-state index < -0.39 is 0 Å².